The van der Waals surface area contributed by atoms with Gasteiger partial charge in [-0.05, 0) is 52.0 Å². The van der Waals surface area contributed by atoms with Crippen molar-refractivity contribution in [3.8, 4) is 0 Å². The second-order valence-corrected chi connectivity index (χ2v) is 7.10. The monoisotopic (exact) mass is 355 g/mol. The van der Waals surface area contributed by atoms with Crippen LogP contribution in [0.15, 0.2) is 5.11 Å². The number of unbranched alkanes of at least 4 members (excludes halogenated alkanes) is 4. The van der Waals surface area contributed by atoms with E-state index in [-0.39, 0.29) is 11.9 Å². The highest BCUT2D eigenvalue weighted by atomic mass is 16.6. The quantitative estimate of drug-likeness (QED) is 0.173. The van der Waals surface area contributed by atoms with Gasteiger partial charge in [0.15, 0.2) is 0 Å². The Balaban J connectivity index is 3.56. The van der Waals surface area contributed by atoms with E-state index >= 15 is 0 Å². The van der Waals surface area contributed by atoms with Gasteiger partial charge in [0.05, 0.1) is 6.04 Å². The van der Waals surface area contributed by atoms with Gasteiger partial charge < -0.3 is 15.8 Å². The van der Waals surface area contributed by atoms with Gasteiger partial charge in [0.25, 0.3) is 0 Å². The standard InChI is InChI=1S/C17H33N5O3/c1-17(2,3)25-15(23)11-6-4-5-8-12-20-16(24)14(18)10-7-9-13-21-22-19/h14H,4-13,18H2,1-3H3,(H,20,24)/t14-/m0/s1. The number of carbonyl (C=O) groups is 2. The van der Waals surface area contributed by atoms with Crippen LogP contribution in [0.1, 0.15) is 72.1 Å². The molecule has 0 unspecified atom stereocenters. The molecule has 0 aromatic carbocycles. The van der Waals surface area contributed by atoms with Crippen molar-refractivity contribution in [3.05, 3.63) is 10.4 Å². The molecule has 1 atom stereocenters. The van der Waals surface area contributed by atoms with Crippen LogP contribution in [-0.2, 0) is 14.3 Å². The lowest BCUT2D eigenvalue weighted by Crippen LogP contribution is -2.40. The average Bonchev–Trinajstić information content (AvgIpc) is 2.51. The molecule has 0 heterocycles. The summed E-state index contributed by atoms with van der Waals surface area (Å²) in [5.41, 5.74) is 13.5. The summed E-state index contributed by atoms with van der Waals surface area (Å²) < 4.78 is 5.24. The summed E-state index contributed by atoms with van der Waals surface area (Å²) in [5.74, 6) is -0.301. The molecule has 0 saturated carbocycles. The topological polar surface area (TPSA) is 130 Å². The number of carbonyl (C=O) groups excluding carboxylic acids is 2. The number of nitrogens with two attached hydrogens (primary N) is 1. The van der Waals surface area contributed by atoms with E-state index < -0.39 is 11.6 Å². The van der Waals surface area contributed by atoms with Crippen LogP contribution in [0.3, 0.4) is 0 Å². The highest BCUT2D eigenvalue weighted by Gasteiger charge is 2.15. The number of azide groups is 1. The van der Waals surface area contributed by atoms with E-state index in [0.717, 1.165) is 38.5 Å². The third-order valence-electron chi connectivity index (χ3n) is 3.45. The van der Waals surface area contributed by atoms with Crippen molar-refractivity contribution in [1.29, 1.82) is 0 Å². The lowest BCUT2D eigenvalue weighted by molar-refractivity contribution is -0.154. The Bertz CT molecular complexity index is 442. The van der Waals surface area contributed by atoms with Crippen LogP contribution in [0.5, 0.6) is 0 Å². The summed E-state index contributed by atoms with van der Waals surface area (Å²) in [6.45, 7) is 6.61. The van der Waals surface area contributed by atoms with Crippen LogP contribution >= 0.6 is 0 Å². The summed E-state index contributed by atoms with van der Waals surface area (Å²) in [6, 6.07) is -0.516. The Morgan fingerprint density at radius 1 is 1.16 bits per heavy atom. The van der Waals surface area contributed by atoms with Gasteiger partial charge in [-0.1, -0.05) is 24.4 Å². The second-order valence-electron chi connectivity index (χ2n) is 7.10. The number of hydrogen-bond donors (Lipinski definition) is 2. The minimum atomic E-state index is -0.516. The third kappa shape index (κ3) is 15.5. The van der Waals surface area contributed by atoms with Crippen molar-refractivity contribution >= 4 is 11.9 Å². The Hall–Kier alpha value is -1.79. The summed E-state index contributed by atoms with van der Waals surface area (Å²) >= 11 is 0. The van der Waals surface area contributed by atoms with E-state index in [1.165, 1.54) is 0 Å². The number of nitrogens with zero attached hydrogens (tertiary/aromatic N) is 3. The SMILES string of the molecule is CC(C)(C)OC(=O)CCCCCCNC(=O)[C@@H](N)CCCCN=[N+]=[N-]. The fraction of sp³-hybridized carbons (Fsp3) is 0.882. The first-order valence-electron chi connectivity index (χ1n) is 9.02. The predicted octanol–water partition coefficient (Wildman–Crippen LogP) is 3.20. The van der Waals surface area contributed by atoms with Gasteiger partial charge >= 0.3 is 5.97 Å². The van der Waals surface area contributed by atoms with Crippen LogP contribution in [0.25, 0.3) is 10.4 Å². The van der Waals surface area contributed by atoms with Gasteiger partial charge in [-0.15, -0.1) is 0 Å². The molecule has 3 N–H and O–H groups in total. The van der Waals surface area contributed by atoms with Crippen LogP contribution in [0.2, 0.25) is 0 Å². The van der Waals surface area contributed by atoms with Crippen molar-refractivity contribution in [2.24, 2.45) is 10.8 Å². The maximum absolute atomic E-state index is 11.8. The summed E-state index contributed by atoms with van der Waals surface area (Å²) in [4.78, 5) is 26.0. The van der Waals surface area contributed by atoms with E-state index in [2.05, 4.69) is 15.3 Å². The fourth-order valence-electron chi connectivity index (χ4n) is 2.21. The highest BCUT2D eigenvalue weighted by Crippen LogP contribution is 2.11. The van der Waals surface area contributed by atoms with E-state index in [1.54, 1.807) is 0 Å². The van der Waals surface area contributed by atoms with Crippen molar-refractivity contribution in [2.45, 2.75) is 83.8 Å². The first-order valence-corrected chi connectivity index (χ1v) is 9.02. The average molecular weight is 355 g/mol. The first kappa shape index (κ1) is 23.2. The molecule has 8 nitrogen and oxygen atoms in total. The number of rotatable bonds is 13. The van der Waals surface area contributed by atoms with E-state index in [9.17, 15) is 9.59 Å². The summed E-state index contributed by atoms with van der Waals surface area (Å²) in [6.07, 6.45) is 6.07. The normalized spacial score (nSPS) is 12.2. The Labute approximate surface area is 150 Å². The molecular weight excluding hydrogens is 322 g/mol. The maximum atomic E-state index is 11.8. The molecule has 0 aliphatic carbocycles. The molecule has 0 aliphatic rings. The lowest BCUT2D eigenvalue weighted by atomic mass is 10.1. The smallest absolute Gasteiger partial charge is 0.306 e. The number of hydrogen-bond acceptors (Lipinski definition) is 5. The van der Waals surface area contributed by atoms with Crippen LogP contribution in [0.4, 0.5) is 0 Å². The van der Waals surface area contributed by atoms with Crippen molar-refractivity contribution < 1.29 is 14.3 Å². The Morgan fingerprint density at radius 3 is 2.48 bits per heavy atom. The molecule has 144 valence electrons. The van der Waals surface area contributed by atoms with Gasteiger partial charge in [0.2, 0.25) is 5.91 Å². The minimum absolute atomic E-state index is 0.141. The fourth-order valence-corrected chi connectivity index (χ4v) is 2.21. The number of nitrogens with one attached hydrogen (secondary N) is 1. The van der Waals surface area contributed by atoms with Gasteiger partial charge in [0, 0.05) is 24.4 Å². The molecule has 0 saturated heterocycles. The molecule has 0 spiro atoms. The molecule has 1 amide bonds. The van der Waals surface area contributed by atoms with E-state index in [0.29, 0.717) is 25.9 Å². The van der Waals surface area contributed by atoms with Gasteiger partial charge in [-0.25, -0.2) is 0 Å². The number of esters is 1. The lowest BCUT2D eigenvalue weighted by Gasteiger charge is -2.19. The zero-order valence-corrected chi connectivity index (χ0v) is 15.8. The number of amides is 1. The highest BCUT2D eigenvalue weighted by molar-refractivity contribution is 5.81. The molecule has 0 bridgehead atoms. The maximum Gasteiger partial charge on any atom is 0.306 e. The molecular formula is C17H33N5O3. The summed E-state index contributed by atoms with van der Waals surface area (Å²) in [7, 11) is 0. The second kappa shape index (κ2) is 13.5. The van der Waals surface area contributed by atoms with Crippen LogP contribution in [0, 0.1) is 0 Å². The molecule has 0 aliphatic heterocycles. The molecule has 25 heavy (non-hydrogen) atoms. The largest absolute Gasteiger partial charge is 0.460 e. The van der Waals surface area contributed by atoms with Gasteiger partial charge in [0.1, 0.15) is 5.60 Å². The van der Waals surface area contributed by atoms with Crippen LogP contribution in [-0.4, -0.2) is 36.6 Å². The van der Waals surface area contributed by atoms with Gasteiger partial charge in [-0.3, -0.25) is 9.59 Å². The minimum Gasteiger partial charge on any atom is -0.460 e. The Morgan fingerprint density at radius 2 is 1.84 bits per heavy atom. The van der Waals surface area contributed by atoms with Crippen molar-refractivity contribution in [2.75, 3.05) is 13.1 Å². The Kier molecular flexibility index (Phi) is 12.5. The molecule has 0 fully saturated rings. The zero-order valence-electron chi connectivity index (χ0n) is 15.8. The predicted molar refractivity (Wildman–Crippen MR) is 97.8 cm³/mol. The molecule has 0 aromatic rings. The van der Waals surface area contributed by atoms with Crippen LogP contribution < -0.4 is 11.1 Å². The van der Waals surface area contributed by atoms with E-state index in [1.807, 2.05) is 20.8 Å². The van der Waals surface area contributed by atoms with Crippen molar-refractivity contribution in [1.82, 2.24) is 5.32 Å². The first-order chi connectivity index (χ1) is 11.8. The molecule has 8 heteroatoms. The van der Waals surface area contributed by atoms with Crippen molar-refractivity contribution in [3.63, 3.8) is 0 Å². The van der Waals surface area contributed by atoms with E-state index in [4.69, 9.17) is 16.0 Å². The zero-order chi connectivity index (χ0) is 19.1. The molecule has 0 rings (SSSR count). The number of ether oxygens (including phenoxy) is 1. The molecule has 0 aromatic heterocycles. The van der Waals surface area contributed by atoms with Gasteiger partial charge in [-0.2, -0.15) is 0 Å². The third-order valence-corrected chi connectivity index (χ3v) is 3.45. The summed E-state index contributed by atoms with van der Waals surface area (Å²) in [5, 5.41) is 6.26. The molecule has 0 radical (unpaired) electrons.